The van der Waals surface area contributed by atoms with Crippen molar-refractivity contribution in [2.24, 2.45) is 7.05 Å². The van der Waals surface area contributed by atoms with Crippen LogP contribution in [0.25, 0.3) is 11.0 Å². The van der Waals surface area contributed by atoms with Crippen molar-refractivity contribution in [2.75, 3.05) is 31.2 Å². The second-order valence-corrected chi connectivity index (χ2v) is 11.1. The van der Waals surface area contributed by atoms with E-state index in [9.17, 15) is 4.79 Å². The normalized spacial score (nSPS) is 26.0. The van der Waals surface area contributed by atoms with Gasteiger partial charge in [0.1, 0.15) is 5.65 Å². The Bertz CT molecular complexity index is 1370. The maximum Gasteiger partial charge on any atom is 0.253 e. The minimum absolute atomic E-state index is 0.00888. The molecule has 2 atom stereocenters. The lowest BCUT2D eigenvalue weighted by atomic mass is 9.80. The van der Waals surface area contributed by atoms with Gasteiger partial charge in [0.2, 0.25) is 0 Å². The Hall–Kier alpha value is -2.74. The van der Waals surface area contributed by atoms with Crippen molar-refractivity contribution in [3.63, 3.8) is 0 Å². The van der Waals surface area contributed by atoms with Crippen LogP contribution in [-0.2, 0) is 23.1 Å². The van der Waals surface area contributed by atoms with E-state index >= 15 is 0 Å². The summed E-state index contributed by atoms with van der Waals surface area (Å²) in [5.41, 5.74) is 6.12. The van der Waals surface area contributed by atoms with Crippen LogP contribution in [-0.4, -0.2) is 52.6 Å². The van der Waals surface area contributed by atoms with E-state index in [4.69, 9.17) is 9.47 Å². The van der Waals surface area contributed by atoms with Crippen LogP contribution in [0.1, 0.15) is 61.3 Å². The first-order chi connectivity index (χ1) is 17.5. The third-order valence-electron chi connectivity index (χ3n) is 9.07. The topological polar surface area (TPSA) is 59.8 Å². The molecule has 0 amide bonds. The molecule has 0 unspecified atom stereocenters. The van der Waals surface area contributed by atoms with Crippen molar-refractivity contribution in [1.29, 1.82) is 0 Å². The van der Waals surface area contributed by atoms with Crippen LogP contribution < -0.4 is 10.5 Å². The molecule has 3 aliphatic heterocycles. The van der Waals surface area contributed by atoms with Gasteiger partial charge in [-0.15, -0.1) is 0 Å². The number of ether oxygens (including phenoxy) is 2. The number of fused-ring (bicyclic) bond motifs is 4. The second-order valence-electron chi connectivity index (χ2n) is 11.1. The zero-order valence-electron chi connectivity index (χ0n) is 21.2. The quantitative estimate of drug-likeness (QED) is 0.544. The molecule has 1 saturated carbocycles. The lowest BCUT2D eigenvalue weighted by Crippen LogP contribution is -2.51. The Morgan fingerprint density at radius 2 is 1.86 bits per heavy atom. The number of hydrogen-bond acceptors (Lipinski definition) is 6. The molecule has 36 heavy (non-hydrogen) atoms. The van der Waals surface area contributed by atoms with E-state index in [1.807, 2.05) is 6.07 Å². The maximum absolute atomic E-state index is 12.7. The summed E-state index contributed by atoms with van der Waals surface area (Å²) in [6.45, 7) is 6.58. The predicted octanol–water partition coefficient (Wildman–Crippen LogP) is 4.10. The highest BCUT2D eigenvalue weighted by Gasteiger charge is 2.42. The van der Waals surface area contributed by atoms with E-state index in [0.717, 1.165) is 75.3 Å². The summed E-state index contributed by atoms with van der Waals surface area (Å²) in [7, 11) is 1.80. The highest BCUT2D eigenvalue weighted by atomic mass is 16.7. The van der Waals surface area contributed by atoms with Gasteiger partial charge in [0.15, 0.2) is 5.79 Å². The van der Waals surface area contributed by atoms with Gasteiger partial charge in [-0.1, -0.05) is 18.2 Å². The molecule has 3 aromatic rings. The van der Waals surface area contributed by atoms with Crippen molar-refractivity contribution < 1.29 is 9.47 Å². The number of benzene rings is 1. The molecule has 0 radical (unpaired) electrons. The fourth-order valence-corrected chi connectivity index (χ4v) is 7.10. The van der Waals surface area contributed by atoms with Gasteiger partial charge < -0.3 is 14.4 Å². The van der Waals surface area contributed by atoms with Gasteiger partial charge in [-0.25, -0.2) is 4.98 Å². The first-order valence-corrected chi connectivity index (χ1v) is 13.4. The van der Waals surface area contributed by atoms with Gasteiger partial charge in [-0.3, -0.25) is 14.3 Å². The summed E-state index contributed by atoms with van der Waals surface area (Å²) in [4.78, 5) is 22.3. The molecule has 5 heterocycles. The SMILES string of the molecule is C[C@@H]1CN(c2cc(=O)n(C)c3ncccc23)C[C@@H]2c3ccc(C4CCC5(CC4)OCCO5)cc3CN12. The zero-order valence-corrected chi connectivity index (χ0v) is 21.2. The van der Waals surface area contributed by atoms with Crippen LogP contribution in [0.15, 0.2) is 47.4 Å². The fourth-order valence-electron chi connectivity index (χ4n) is 7.10. The molecule has 0 N–H and O–H groups in total. The molecule has 0 bridgehead atoms. The van der Waals surface area contributed by atoms with Crippen LogP contribution in [0.4, 0.5) is 5.69 Å². The van der Waals surface area contributed by atoms with Gasteiger partial charge in [0.25, 0.3) is 5.56 Å². The Balaban J connectivity index is 1.16. The van der Waals surface area contributed by atoms with Gasteiger partial charge in [0.05, 0.1) is 24.9 Å². The van der Waals surface area contributed by atoms with Gasteiger partial charge in [-0.2, -0.15) is 0 Å². The zero-order chi connectivity index (χ0) is 24.4. The van der Waals surface area contributed by atoms with Crippen molar-refractivity contribution >= 4 is 16.7 Å². The van der Waals surface area contributed by atoms with E-state index in [2.05, 4.69) is 46.0 Å². The molecule has 3 fully saturated rings. The third kappa shape index (κ3) is 3.51. The number of hydrogen-bond donors (Lipinski definition) is 0. The Labute approximate surface area is 211 Å². The number of rotatable bonds is 2. The molecule has 1 spiro atoms. The number of aryl methyl sites for hydroxylation is 1. The molecule has 7 nitrogen and oxygen atoms in total. The Morgan fingerprint density at radius 3 is 2.67 bits per heavy atom. The van der Waals surface area contributed by atoms with Crippen molar-refractivity contribution in [3.05, 3.63) is 69.6 Å². The molecule has 2 saturated heterocycles. The first-order valence-electron chi connectivity index (χ1n) is 13.4. The standard InChI is InChI=1S/C29H34N4O3/c1-19-16-32(25-15-27(34)31(2)28-24(25)4-3-11-30-28)18-26-23-6-5-21(14-22(23)17-33(19)26)20-7-9-29(10-8-20)35-12-13-36-29/h3-6,11,14-15,19-20,26H,7-10,12-13,16-18H2,1-2H3/t19-,26-/m1/s1. The molecule has 2 aromatic heterocycles. The average molecular weight is 487 g/mol. The molecular formula is C29H34N4O3. The first kappa shape index (κ1) is 22.5. The van der Waals surface area contributed by atoms with E-state index in [0.29, 0.717) is 18.0 Å². The van der Waals surface area contributed by atoms with Crippen LogP contribution in [0, 0.1) is 0 Å². The number of nitrogens with zero attached hydrogens (tertiary/aromatic N) is 4. The van der Waals surface area contributed by atoms with E-state index < -0.39 is 0 Å². The van der Waals surface area contributed by atoms with Crippen molar-refractivity contribution in [3.8, 4) is 0 Å². The maximum atomic E-state index is 12.7. The molecule has 188 valence electrons. The lowest BCUT2D eigenvalue weighted by Gasteiger charge is -2.43. The summed E-state index contributed by atoms with van der Waals surface area (Å²) < 4.78 is 13.5. The van der Waals surface area contributed by atoms with E-state index in [1.54, 1.807) is 23.9 Å². The highest BCUT2D eigenvalue weighted by Crippen LogP contribution is 2.45. The van der Waals surface area contributed by atoms with Crippen LogP contribution >= 0.6 is 0 Å². The average Bonchev–Trinajstić information content (AvgIpc) is 3.51. The second kappa shape index (κ2) is 8.40. The molecule has 1 aromatic carbocycles. The summed E-state index contributed by atoms with van der Waals surface area (Å²) in [6.07, 6.45) is 6.00. The molecular weight excluding hydrogens is 452 g/mol. The van der Waals surface area contributed by atoms with Crippen LogP contribution in [0.2, 0.25) is 0 Å². The summed E-state index contributed by atoms with van der Waals surface area (Å²) in [6, 6.07) is 13.8. The van der Waals surface area contributed by atoms with Crippen molar-refractivity contribution in [1.82, 2.24) is 14.5 Å². The number of aromatic nitrogens is 2. The van der Waals surface area contributed by atoms with Gasteiger partial charge in [0, 0.05) is 63.2 Å². The van der Waals surface area contributed by atoms with Gasteiger partial charge in [-0.05, 0) is 54.5 Å². The summed E-state index contributed by atoms with van der Waals surface area (Å²) in [5.74, 6) is 0.282. The third-order valence-corrected chi connectivity index (χ3v) is 9.07. The minimum Gasteiger partial charge on any atom is -0.367 e. The molecule has 7 rings (SSSR count). The highest BCUT2D eigenvalue weighted by molar-refractivity contribution is 5.89. The molecule has 7 heteroatoms. The van der Waals surface area contributed by atoms with Crippen LogP contribution in [0.5, 0.6) is 0 Å². The largest absolute Gasteiger partial charge is 0.367 e. The van der Waals surface area contributed by atoms with Gasteiger partial charge >= 0.3 is 0 Å². The Morgan fingerprint density at radius 1 is 1.06 bits per heavy atom. The Kier molecular flexibility index (Phi) is 5.24. The van der Waals surface area contributed by atoms with E-state index in [-0.39, 0.29) is 11.3 Å². The van der Waals surface area contributed by atoms with Crippen molar-refractivity contribution in [2.45, 2.75) is 62.9 Å². The molecule has 4 aliphatic rings. The number of pyridine rings is 2. The predicted molar refractivity (Wildman–Crippen MR) is 139 cm³/mol. The van der Waals surface area contributed by atoms with E-state index in [1.165, 1.54) is 16.7 Å². The number of piperazine rings is 1. The van der Waals surface area contributed by atoms with Crippen LogP contribution in [0.3, 0.4) is 0 Å². The molecule has 1 aliphatic carbocycles. The minimum atomic E-state index is -0.301. The lowest BCUT2D eigenvalue weighted by molar-refractivity contribution is -0.178. The summed E-state index contributed by atoms with van der Waals surface area (Å²) >= 11 is 0. The monoisotopic (exact) mass is 486 g/mol. The summed E-state index contributed by atoms with van der Waals surface area (Å²) in [5, 5.41) is 1.04. The number of anilines is 1. The fraction of sp³-hybridized carbons (Fsp3) is 0.517. The smallest absolute Gasteiger partial charge is 0.253 e.